The van der Waals surface area contributed by atoms with Crippen molar-refractivity contribution in [1.29, 1.82) is 0 Å². The average Bonchev–Trinajstić information content (AvgIpc) is 3.14. The topological polar surface area (TPSA) is 102 Å². The van der Waals surface area contributed by atoms with Crippen LogP contribution in [0.5, 0.6) is 0 Å². The Hall–Kier alpha value is -2.71. The summed E-state index contributed by atoms with van der Waals surface area (Å²) >= 11 is 5.97. The van der Waals surface area contributed by atoms with E-state index in [4.69, 9.17) is 17.3 Å². The first-order chi connectivity index (χ1) is 14.1. The number of nitrogens with one attached hydrogen (secondary N) is 1. The van der Waals surface area contributed by atoms with Crippen molar-refractivity contribution in [2.24, 2.45) is 0 Å². The largest absolute Gasteiger partial charge is 0.382 e. The molecule has 3 heterocycles. The van der Waals surface area contributed by atoms with Crippen LogP contribution in [0.25, 0.3) is 11.2 Å². The molecule has 0 atom stereocenters. The van der Waals surface area contributed by atoms with Crippen LogP contribution in [-0.2, 0) is 6.54 Å². The van der Waals surface area contributed by atoms with Crippen LogP contribution < -0.4 is 11.1 Å². The summed E-state index contributed by atoms with van der Waals surface area (Å²) in [6.45, 7) is 3.77. The van der Waals surface area contributed by atoms with Crippen LogP contribution in [0, 0.1) is 0 Å². The molecule has 0 radical (unpaired) electrons. The fourth-order valence-corrected chi connectivity index (χ4v) is 3.92. The van der Waals surface area contributed by atoms with Gasteiger partial charge < -0.3 is 20.5 Å². The van der Waals surface area contributed by atoms with Crippen molar-refractivity contribution in [3.63, 3.8) is 0 Å². The van der Waals surface area contributed by atoms with Gasteiger partial charge >= 0.3 is 0 Å². The highest BCUT2D eigenvalue weighted by Gasteiger charge is 2.21. The second-order valence-electron chi connectivity index (χ2n) is 7.32. The predicted molar refractivity (Wildman–Crippen MR) is 113 cm³/mol. The zero-order valence-electron chi connectivity index (χ0n) is 16.1. The molecule has 0 saturated carbocycles. The van der Waals surface area contributed by atoms with Crippen molar-refractivity contribution < 1.29 is 4.79 Å². The lowest BCUT2D eigenvalue weighted by atomic mass is 10.0. The lowest BCUT2D eigenvalue weighted by Gasteiger charge is -2.32. The summed E-state index contributed by atoms with van der Waals surface area (Å²) in [5, 5.41) is 3.70. The van der Waals surface area contributed by atoms with Gasteiger partial charge in [0.1, 0.15) is 11.8 Å². The summed E-state index contributed by atoms with van der Waals surface area (Å²) < 4.78 is 2.02. The number of imidazole rings is 1. The number of hydrogen-bond donors (Lipinski definition) is 2. The molecule has 4 rings (SSSR count). The first kappa shape index (κ1) is 19.6. The van der Waals surface area contributed by atoms with E-state index in [0.29, 0.717) is 21.9 Å². The smallest absolute Gasteiger partial charge is 0.251 e. The second kappa shape index (κ2) is 8.75. The lowest BCUT2D eigenvalue weighted by Crippen LogP contribution is -2.44. The lowest BCUT2D eigenvalue weighted by molar-refractivity contribution is 0.0910. The van der Waals surface area contributed by atoms with E-state index in [0.717, 1.165) is 51.1 Å². The molecule has 1 aliphatic rings. The van der Waals surface area contributed by atoms with Gasteiger partial charge in [0.25, 0.3) is 5.91 Å². The number of anilines is 1. The minimum Gasteiger partial charge on any atom is -0.382 e. The highest BCUT2D eigenvalue weighted by Crippen LogP contribution is 2.16. The number of nitrogens with zero attached hydrogens (tertiary/aromatic N) is 5. The number of carbonyl (C=O) groups is 1. The molecule has 1 aliphatic heterocycles. The summed E-state index contributed by atoms with van der Waals surface area (Å²) in [7, 11) is 0. The normalized spacial score (nSPS) is 15.6. The Morgan fingerprint density at radius 3 is 2.83 bits per heavy atom. The number of aryl methyl sites for hydroxylation is 1. The van der Waals surface area contributed by atoms with Crippen LogP contribution >= 0.6 is 11.6 Å². The molecule has 1 amide bonds. The number of aromatic nitrogens is 4. The molecule has 3 aromatic rings. The average molecular weight is 414 g/mol. The van der Waals surface area contributed by atoms with E-state index >= 15 is 0 Å². The Morgan fingerprint density at radius 2 is 2.03 bits per heavy atom. The number of amides is 1. The Kier molecular flexibility index (Phi) is 5.92. The Balaban J connectivity index is 1.22. The van der Waals surface area contributed by atoms with E-state index < -0.39 is 0 Å². The number of likely N-dealkylation sites (tertiary alicyclic amines) is 1. The van der Waals surface area contributed by atoms with Crippen molar-refractivity contribution in [2.45, 2.75) is 31.8 Å². The van der Waals surface area contributed by atoms with Crippen LogP contribution in [-0.4, -0.2) is 56.0 Å². The van der Waals surface area contributed by atoms with Gasteiger partial charge in [-0.05, 0) is 44.0 Å². The molecule has 1 fully saturated rings. The van der Waals surface area contributed by atoms with Gasteiger partial charge in [-0.15, -0.1) is 0 Å². The van der Waals surface area contributed by atoms with E-state index in [-0.39, 0.29) is 11.9 Å². The Bertz CT molecular complexity index is 997. The summed E-state index contributed by atoms with van der Waals surface area (Å²) in [6, 6.07) is 7.25. The van der Waals surface area contributed by atoms with Crippen molar-refractivity contribution in [3.05, 3.63) is 47.5 Å². The van der Waals surface area contributed by atoms with Crippen LogP contribution in [0.3, 0.4) is 0 Å². The number of rotatable bonds is 6. The number of fused-ring (bicyclic) bond motifs is 1. The molecular formula is C20H24ClN7O. The van der Waals surface area contributed by atoms with Crippen molar-refractivity contribution >= 4 is 34.5 Å². The number of benzene rings is 1. The molecule has 1 saturated heterocycles. The second-order valence-corrected chi connectivity index (χ2v) is 7.76. The van der Waals surface area contributed by atoms with Gasteiger partial charge in [0.05, 0.1) is 6.33 Å². The number of carbonyl (C=O) groups excluding carboxylic acids is 1. The van der Waals surface area contributed by atoms with Gasteiger partial charge in [-0.1, -0.05) is 17.7 Å². The standard InChI is InChI=1S/C20H24ClN7O/c21-15-4-1-3-14(11-15)20(29)26-16-5-9-27(10-6-16)7-2-8-28-13-25-17-18(22)23-12-24-19(17)28/h1,3-4,11-13,16H,2,5-10H2,(H,26,29)(H2,22,23,24). The van der Waals surface area contributed by atoms with Crippen molar-refractivity contribution in [1.82, 2.24) is 29.7 Å². The molecule has 152 valence electrons. The van der Waals surface area contributed by atoms with Crippen molar-refractivity contribution in [3.8, 4) is 0 Å². The van der Waals surface area contributed by atoms with Gasteiger partial charge in [0.15, 0.2) is 11.5 Å². The molecular weight excluding hydrogens is 390 g/mol. The molecule has 0 bridgehead atoms. The van der Waals surface area contributed by atoms with E-state index in [1.165, 1.54) is 6.33 Å². The zero-order valence-corrected chi connectivity index (χ0v) is 16.8. The number of nitrogen functional groups attached to an aromatic ring is 1. The summed E-state index contributed by atoms with van der Waals surface area (Å²) in [5.41, 5.74) is 7.88. The van der Waals surface area contributed by atoms with Gasteiger partial charge in [-0.2, -0.15) is 0 Å². The number of halogens is 1. The number of hydrogen-bond acceptors (Lipinski definition) is 6. The fraction of sp³-hybridized carbons (Fsp3) is 0.400. The van der Waals surface area contributed by atoms with Crippen LogP contribution in [0.1, 0.15) is 29.6 Å². The summed E-state index contributed by atoms with van der Waals surface area (Å²) in [4.78, 5) is 27.4. The maximum absolute atomic E-state index is 12.4. The molecule has 0 spiro atoms. The monoisotopic (exact) mass is 413 g/mol. The molecule has 9 heteroatoms. The minimum atomic E-state index is -0.0563. The number of nitrogens with two attached hydrogens (primary N) is 1. The molecule has 0 unspecified atom stereocenters. The Morgan fingerprint density at radius 1 is 1.21 bits per heavy atom. The van der Waals surface area contributed by atoms with Gasteiger partial charge in [-0.3, -0.25) is 4.79 Å². The highest BCUT2D eigenvalue weighted by molar-refractivity contribution is 6.30. The van der Waals surface area contributed by atoms with Gasteiger partial charge in [-0.25, -0.2) is 15.0 Å². The first-order valence-electron chi connectivity index (χ1n) is 9.80. The van der Waals surface area contributed by atoms with Gasteiger partial charge in [0, 0.05) is 36.3 Å². The molecule has 2 aromatic heterocycles. The molecule has 0 aliphatic carbocycles. The van der Waals surface area contributed by atoms with Crippen LogP contribution in [0.15, 0.2) is 36.9 Å². The van der Waals surface area contributed by atoms with E-state index in [1.54, 1.807) is 30.6 Å². The molecule has 8 nitrogen and oxygen atoms in total. The van der Waals surface area contributed by atoms with E-state index in [9.17, 15) is 4.79 Å². The first-order valence-corrected chi connectivity index (χ1v) is 10.2. The molecule has 1 aromatic carbocycles. The van der Waals surface area contributed by atoms with Crippen molar-refractivity contribution in [2.75, 3.05) is 25.4 Å². The predicted octanol–water partition coefficient (Wildman–Crippen LogP) is 2.35. The van der Waals surface area contributed by atoms with Gasteiger partial charge in [0.2, 0.25) is 0 Å². The maximum atomic E-state index is 12.4. The Labute approximate surface area is 174 Å². The maximum Gasteiger partial charge on any atom is 0.251 e. The van der Waals surface area contributed by atoms with E-state index in [1.807, 2.05) is 4.57 Å². The fourth-order valence-electron chi connectivity index (χ4n) is 3.73. The summed E-state index contributed by atoms with van der Waals surface area (Å²) in [5.74, 6) is 0.356. The zero-order chi connectivity index (χ0) is 20.2. The van der Waals surface area contributed by atoms with Crippen LogP contribution in [0.2, 0.25) is 5.02 Å². The SMILES string of the molecule is Nc1ncnc2c1ncn2CCCN1CCC(NC(=O)c2cccc(Cl)c2)CC1. The molecule has 29 heavy (non-hydrogen) atoms. The molecule has 3 N–H and O–H groups in total. The highest BCUT2D eigenvalue weighted by atomic mass is 35.5. The number of piperidine rings is 1. The quantitative estimate of drug-likeness (QED) is 0.643. The van der Waals surface area contributed by atoms with E-state index in [2.05, 4.69) is 25.2 Å². The summed E-state index contributed by atoms with van der Waals surface area (Å²) in [6.07, 6.45) is 6.13. The van der Waals surface area contributed by atoms with Crippen LogP contribution in [0.4, 0.5) is 5.82 Å². The third kappa shape index (κ3) is 4.65. The third-order valence-corrected chi connectivity index (χ3v) is 5.55. The minimum absolute atomic E-state index is 0.0563. The third-order valence-electron chi connectivity index (χ3n) is 5.31.